The van der Waals surface area contributed by atoms with E-state index in [9.17, 15) is 13.2 Å². The van der Waals surface area contributed by atoms with Gasteiger partial charge >= 0.3 is 6.18 Å². The first-order valence-corrected chi connectivity index (χ1v) is 8.54. The second kappa shape index (κ2) is 7.79. The van der Waals surface area contributed by atoms with Crippen LogP contribution in [0.3, 0.4) is 0 Å². The maximum Gasteiger partial charge on any atom is 0.416 e. The monoisotopic (exact) mass is 390 g/mol. The van der Waals surface area contributed by atoms with E-state index in [0.29, 0.717) is 12.2 Å². The fourth-order valence-corrected chi connectivity index (χ4v) is 2.70. The molecule has 0 fully saturated rings. The Kier molecular flexibility index (Phi) is 5.46. The highest BCUT2D eigenvalue weighted by molar-refractivity contribution is 7.80. The van der Waals surface area contributed by atoms with Gasteiger partial charge in [-0.05, 0) is 42.9 Å². The highest BCUT2D eigenvalue weighted by Gasteiger charge is 2.30. The third-order valence-electron chi connectivity index (χ3n) is 3.80. The van der Waals surface area contributed by atoms with E-state index in [1.165, 1.54) is 17.7 Å². The number of benzene rings is 2. The summed E-state index contributed by atoms with van der Waals surface area (Å²) in [4.78, 5) is 0. The van der Waals surface area contributed by atoms with Gasteiger partial charge in [-0.1, -0.05) is 35.9 Å². The number of hydrogen-bond acceptors (Lipinski definition) is 2. The van der Waals surface area contributed by atoms with Crippen LogP contribution in [0.1, 0.15) is 16.7 Å². The third-order valence-corrected chi connectivity index (χ3v) is 4.01. The summed E-state index contributed by atoms with van der Waals surface area (Å²) >= 11 is 5.17. The van der Waals surface area contributed by atoms with Crippen LogP contribution < -0.4 is 10.6 Å². The molecule has 0 unspecified atom stereocenters. The van der Waals surface area contributed by atoms with Crippen LogP contribution in [0.5, 0.6) is 0 Å². The summed E-state index contributed by atoms with van der Waals surface area (Å²) in [5, 5.41) is 10.1. The third kappa shape index (κ3) is 5.30. The molecular formula is C19H17F3N4S. The number of aromatic nitrogens is 2. The van der Waals surface area contributed by atoms with Crippen molar-refractivity contribution in [1.82, 2.24) is 9.78 Å². The lowest BCUT2D eigenvalue weighted by Crippen LogP contribution is -2.19. The second-order valence-corrected chi connectivity index (χ2v) is 6.48. The number of nitrogens with one attached hydrogen (secondary N) is 2. The molecule has 0 radical (unpaired) electrons. The Bertz CT molecular complexity index is 933. The fourth-order valence-electron chi connectivity index (χ4n) is 2.46. The van der Waals surface area contributed by atoms with Gasteiger partial charge in [0.1, 0.15) is 0 Å². The predicted octanol–water partition coefficient (Wildman–Crippen LogP) is 5.07. The number of nitrogens with zero attached hydrogens (tertiary/aromatic N) is 2. The summed E-state index contributed by atoms with van der Waals surface area (Å²) in [6.07, 6.45) is -1.02. The van der Waals surface area contributed by atoms with Crippen LogP contribution in [-0.4, -0.2) is 14.9 Å². The van der Waals surface area contributed by atoms with E-state index < -0.39 is 11.7 Å². The molecule has 0 aliphatic heterocycles. The molecule has 3 rings (SSSR count). The van der Waals surface area contributed by atoms with E-state index in [1.54, 1.807) is 17.1 Å². The van der Waals surface area contributed by atoms with Crippen molar-refractivity contribution >= 4 is 28.7 Å². The molecule has 1 heterocycles. The highest BCUT2D eigenvalue weighted by atomic mass is 32.1. The van der Waals surface area contributed by atoms with Gasteiger partial charge in [0.05, 0.1) is 24.0 Å². The van der Waals surface area contributed by atoms with Gasteiger partial charge in [0.15, 0.2) is 5.11 Å². The minimum atomic E-state index is -4.40. The number of anilines is 2. The first kappa shape index (κ1) is 18.9. The van der Waals surface area contributed by atoms with Gasteiger partial charge in [0, 0.05) is 11.9 Å². The van der Waals surface area contributed by atoms with E-state index in [1.807, 2.05) is 31.2 Å². The quantitative estimate of drug-likeness (QED) is 0.611. The summed E-state index contributed by atoms with van der Waals surface area (Å²) in [7, 11) is 0. The Morgan fingerprint density at radius 2 is 1.78 bits per heavy atom. The second-order valence-electron chi connectivity index (χ2n) is 6.07. The molecular weight excluding hydrogens is 373 g/mol. The fraction of sp³-hybridized carbons (Fsp3) is 0.158. The Morgan fingerprint density at radius 1 is 1.07 bits per heavy atom. The van der Waals surface area contributed by atoms with Crippen molar-refractivity contribution in [1.29, 1.82) is 0 Å². The van der Waals surface area contributed by atoms with Crippen molar-refractivity contribution in [3.8, 4) is 0 Å². The largest absolute Gasteiger partial charge is 0.416 e. The van der Waals surface area contributed by atoms with Crippen molar-refractivity contribution in [3.63, 3.8) is 0 Å². The smallest absolute Gasteiger partial charge is 0.332 e. The Hall–Kier alpha value is -2.87. The summed E-state index contributed by atoms with van der Waals surface area (Å²) in [5.74, 6) is 0. The van der Waals surface area contributed by atoms with Crippen LogP contribution in [0.4, 0.5) is 24.5 Å². The normalized spacial score (nSPS) is 11.3. The average molecular weight is 390 g/mol. The average Bonchev–Trinajstić information content (AvgIpc) is 3.03. The highest BCUT2D eigenvalue weighted by Crippen LogP contribution is 2.30. The van der Waals surface area contributed by atoms with E-state index in [-0.39, 0.29) is 10.8 Å². The zero-order valence-corrected chi connectivity index (χ0v) is 15.2. The number of hydrogen-bond donors (Lipinski definition) is 2. The summed E-state index contributed by atoms with van der Waals surface area (Å²) < 4.78 is 40.1. The van der Waals surface area contributed by atoms with E-state index in [2.05, 4.69) is 15.7 Å². The van der Waals surface area contributed by atoms with E-state index >= 15 is 0 Å². The molecule has 0 saturated heterocycles. The number of rotatable bonds is 4. The summed E-state index contributed by atoms with van der Waals surface area (Å²) in [6, 6.07) is 13.0. The molecule has 8 heteroatoms. The van der Waals surface area contributed by atoms with Gasteiger partial charge in [-0.3, -0.25) is 4.68 Å². The lowest BCUT2D eigenvalue weighted by molar-refractivity contribution is -0.137. The number of alkyl halides is 3. The lowest BCUT2D eigenvalue weighted by atomic mass is 10.1. The summed E-state index contributed by atoms with van der Waals surface area (Å²) in [5.41, 5.74) is 2.47. The summed E-state index contributed by atoms with van der Waals surface area (Å²) in [6.45, 7) is 2.63. The molecule has 0 atom stereocenters. The molecule has 1 aromatic heterocycles. The van der Waals surface area contributed by atoms with E-state index in [4.69, 9.17) is 12.2 Å². The first-order valence-electron chi connectivity index (χ1n) is 8.13. The number of thiocarbonyl (C=S) groups is 1. The Balaban J connectivity index is 1.60. The Morgan fingerprint density at radius 3 is 2.48 bits per heavy atom. The molecule has 0 spiro atoms. The maximum absolute atomic E-state index is 12.8. The van der Waals surface area contributed by atoms with Crippen molar-refractivity contribution in [2.75, 3.05) is 10.6 Å². The van der Waals surface area contributed by atoms with Crippen LogP contribution in [0, 0.1) is 6.92 Å². The topological polar surface area (TPSA) is 41.9 Å². The van der Waals surface area contributed by atoms with Gasteiger partial charge in [-0.25, -0.2) is 0 Å². The van der Waals surface area contributed by atoms with Crippen molar-refractivity contribution in [3.05, 3.63) is 77.6 Å². The first-order chi connectivity index (χ1) is 12.8. The maximum atomic E-state index is 12.8. The van der Waals surface area contributed by atoms with Crippen LogP contribution in [0.2, 0.25) is 0 Å². The van der Waals surface area contributed by atoms with Crippen molar-refractivity contribution in [2.45, 2.75) is 19.6 Å². The molecule has 3 aromatic rings. The zero-order chi connectivity index (χ0) is 19.4. The minimum Gasteiger partial charge on any atom is -0.332 e. The van der Waals surface area contributed by atoms with E-state index in [0.717, 1.165) is 17.7 Å². The van der Waals surface area contributed by atoms with Gasteiger partial charge in [0.2, 0.25) is 0 Å². The number of aryl methyl sites for hydroxylation is 1. The van der Waals surface area contributed by atoms with Gasteiger partial charge < -0.3 is 10.6 Å². The molecule has 0 aliphatic rings. The molecule has 27 heavy (non-hydrogen) atoms. The minimum absolute atomic E-state index is 0.184. The van der Waals surface area contributed by atoms with Crippen LogP contribution in [0.25, 0.3) is 0 Å². The molecule has 140 valence electrons. The SMILES string of the molecule is Cc1ccc(Cn2cc(NC(=S)Nc3cccc(C(F)(F)F)c3)cn2)cc1. The van der Waals surface area contributed by atoms with Crippen LogP contribution >= 0.6 is 12.2 Å². The molecule has 0 aliphatic carbocycles. The standard InChI is InChI=1S/C19H17F3N4S/c1-13-5-7-14(8-6-13)11-26-12-17(10-23-26)25-18(27)24-16-4-2-3-15(9-16)19(20,21)22/h2-10,12H,11H2,1H3,(H2,24,25,27). The molecule has 2 aromatic carbocycles. The molecule has 0 saturated carbocycles. The van der Waals surface area contributed by atoms with Crippen molar-refractivity contribution in [2.24, 2.45) is 0 Å². The van der Waals surface area contributed by atoms with Crippen molar-refractivity contribution < 1.29 is 13.2 Å². The molecule has 0 amide bonds. The Labute approximate surface area is 160 Å². The lowest BCUT2D eigenvalue weighted by Gasteiger charge is -2.11. The zero-order valence-electron chi connectivity index (χ0n) is 14.4. The van der Waals surface area contributed by atoms with Gasteiger partial charge in [0.25, 0.3) is 0 Å². The van der Waals surface area contributed by atoms with Crippen LogP contribution in [-0.2, 0) is 12.7 Å². The number of halogens is 3. The predicted molar refractivity (Wildman–Crippen MR) is 104 cm³/mol. The van der Waals surface area contributed by atoms with Gasteiger partial charge in [-0.2, -0.15) is 18.3 Å². The van der Waals surface area contributed by atoms with Crippen LogP contribution in [0.15, 0.2) is 60.9 Å². The van der Waals surface area contributed by atoms with Gasteiger partial charge in [-0.15, -0.1) is 0 Å². The molecule has 0 bridgehead atoms. The molecule has 2 N–H and O–H groups in total. The molecule has 4 nitrogen and oxygen atoms in total.